The number of hydrogen-bond donors (Lipinski definition) is 0. The number of halogens is 1. The Morgan fingerprint density at radius 2 is 1.71 bits per heavy atom. The first-order valence-electron chi connectivity index (χ1n) is 8.74. The fourth-order valence-corrected chi connectivity index (χ4v) is 3.43. The largest absolute Gasteiger partial charge is 0.444 e. The number of nitrogens with zero attached hydrogens (tertiary/aromatic N) is 2. The van der Waals surface area contributed by atoms with E-state index >= 15 is 0 Å². The number of alkyl halides is 1. The van der Waals surface area contributed by atoms with E-state index in [-0.39, 0.29) is 17.5 Å². The lowest BCUT2D eigenvalue weighted by molar-refractivity contribution is -0.129. The van der Waals surface area contributed by atoms with Crippen molar-refractivity contribution >= 4 is 23.6 Å². The van der Waals surface area contributed by atoms with Gasteiger partial charge >= 0.3 is 6.09 Å². The van der Waals surface area contributed by atoms with Gasteiger partial charge in [0.05, 0.1) is 0 Å². The monoisotopic (exact) mass is 360 g/mol. The van der Waals surface area contributed by atoms with Gasteiger partial charge in [0.15, 0.2) is 0 Å². The van der Waals surface area contributed by atoms with Gasteiger partial charge in [-0.05, 0) is 33.6 Å². The van der Waals surface area contributed by atoms with Gasteiger partial charge < -0.3 is 9.64 Å². The van der Waals surface area contributed by atoms with E-state index in [2.05, 4.69) is 0 Å². The molecule has 0 bridgehead atoms. The van der Waals surface area contributed by atoms with Gasteiger partial charge in [0, 0.05) is 18.3 Å². The van der Waals surface area contributed by atoms with Gasteiger partial charge in [0.25, 0.3) is 0 Å². The van der Waals surface area contributed by atoms with Crippen LogP contribution in [0, 0.1) is 5.41 Å². The normalized spacial score (nSPS) is 22.2. The van der Waals surface area contributed by atoms with Gasteiger partial charge in [-0.2, -0.15) is 0 Å². The van der Waals surface area contributed by atoms with Crippen LogP contribution in [0.1, 0.15) is 67.2 Å². The molecule has 0 aromatic rings. The quantitative estimate of drug-likeness (QED) is 0.544. The molecule has 0 N–H and O–H groups in total. The fourth-order valence-electron chi connectivity index (χ4n) is 3.24. The van der Waals surface area contributed by atoms with Crippen molar-refractivity contribution < 1.29 is 14.3 Å². The summed E-state index contributed by atoms with van der Waals surface area (Å²) in [6.07, 6.45) is 2.67. The Bertz CT molecular complexity index is 454. The summed E-state index contributed by atoms with van der Waals surface area (Å²) < 4.78 is 5.59. The highest BCUT2D eigenvalue weighted by molar-refractivity contribution is 6.17. The number of unbranched alkanes of at least 4 members (excludes halogenated alkanes) is 2. The van der Waals surface area contributed by atoms with Crippen molar-refractivity contribution in [1.82, 2.24) is 9.80 Å². The Morgan fingerprint density at radius 3 is 2.17 bits per heavy atom. The van der Waals surface area contributed by atoms with E-state index < -0.39 is 17.7 Å². The molecule has 0 spiro atoms. The van der Waals surface area contributed by atoms with E-state index in [1.54, 1.807) is 16.8 Å². The lowest BCUT2D eigenvalue weighted by Gasteiger charge is -2.39. The molecule has 6 heteroatoms. The first-order valence-corrected chi connectivity index (χ1v) is 9.27. The van der Waals surface area contributed by atoms with Crippen LogP contribution >= 0.6 is 11.6 Å². The fraction of sp³-hybridized carbons (Fsp3) is 0.889. The van der Waals surface area contributed by atoms with Crippen molar-refractivity contribution in [2.45, 2.75) is 85.0 Å². The summed E-state index contributed by atoms with van der Waals surface area (Å²) in [7, 11) is 1.77. The maximum atomic E-state index is 12.8. The van der Waals surface area contributed by atoms with Crippen LogP contribution in [0.2, 0.25) is 0 Å². The van der Waals surface area contributed by atoms with Gasteiger partial charge in [-0.1, -0.05) is 33.6 Å². The summed E-state index contributed by atoms with van der Waals surface area (Å²) in [5.74, 6) is 0.616. The van der Waals surface area contributed by atoms with Crippen molar-refractivity contribution in [2.75, 3.05) is 12.9 Å². The van der Waals surface area contributed by atoms with E-state index in [1.165, 1.54) is 0 Å². The number of hydrogen-bond acceptors (Lipinski definition) is 3. The highest BCUT2D eigenvalue weighted by Gasteiger charge is 2.52. The molecule has 2 atom stereocenters. The number of amides is 2. The van der Waals surface area contributed by atoms with E-state index in [0.717, 1.165) is 19.3 Å². The highest BCUT2D eigenvalue weighted by atomic mass is 35.5. The number of ether oxygens (including phenoxy) is 1. The van der Waals surface area contributed by atoms with Crippen LogP contribution in [0.3, 0.4) is 0 Å². The van der Waals surface area contributed by atoms with Crippen LogP contribution in [0.15, 0.2) is 0 Å². The third kappa shape index (κ3) is 5.27. The van der Waals surface area contributed by atoms with Gasteiger partial charge in [-0.25, -0.2) is 4.79 Å². The minimum Gasteiger partial charge on any atom is -0.444 e. The molecule has 1 rings (SSSR count). The van der Waals surface area contributed by atoms with Gasteiger partial charge in [-0.15, -0.1) is 11.6 Å². The summed E-state index contributed by atoms with van der Waals surface area (Å²) in [4.78, 5) is 28.9. The minimum atomic E-state index is -0.590. The zero-order chi connectivity index (χ0) is 18.7. The van der Waals surface area contributed by atoms with E-state index in [1.807, 2.05) is 41.5 Å². The number of rotatable bonds is 5. The summed E-state index contributed by atoms with van der Waals surface area (Å²) in [6.45, 7) is 11.6. The molecule has 140 valence electrons. The summed E-state index contributed by atoms with van der Waals surface area (Å²) in [6, 6.07) is -0.454. The predicted molar refractivity (Wildman–Crippen MR) is 97.1 cm³/mol. The SMILES string of the molecule is CN1C(=O)[C@H](CCCCCCl)N(C(=O)OC(C)(C)C)[C@H]1C(C)(C)C. The summed E-state index contributed by atoms with van der Waals surface area (Å²) in [5.41, 5.74) is -0.848. The molecule has 1 saturated heterocycles. The van der Waals surface area contributed by atoms with Crippen LogP contribution in [-0.4, -0.2) is 52.5 Å². The van der Waals surface area contributed by atoms with Gasteiger partial charge in [0.1, 0.15) is 17.8 Å². The lowest BCUT2D eigenvalue weighted by atomic mass is 9.91. The highest BCUT2D eigenvalue weighted by Crippen LogP contribution is 2.36. The molecule has 1 aliphatic rings. The molecule has 2 amide bonds. The molecular weight excluding hydrogens is 328 g/mol. The number of carbonyl (C=O) groups excluding carboxylic acids is 2. The lowest BCUT2D eigenvalue weighted by Crippen LogP contribution is -2.52. The molecule has 0 aliphatic carbocycles. The third-order valence-corrected chi connectivity index (χ3v) is 4.36. The van der Waals surface area contributed by atoms with Crippen LogP contribution in [0.25, 0.3) is 0 Å². The van der Waals surface area contributed by atoms with Crippen LogP contribution in [-0.2, 0) is 9.53 Å². The summed E-state index contributed by atoms with van der Waals surface area (Å²) >= 11 is 5.72. The smallest absolute Gasteiger partial charge is 0.412 e. The molecule has 0 unspecified atom stereocenters. The Balaban J connectivity index is 3.04. The number of carbonyl (C=O) groups is 2. The third-order valence-electron chi connectivity index (χ3n) is 4.09. The second-order valence-corrected chi connectivity index (χ2v) is 9.01. The van der Waals surface area contributed by atoms with Crippen LogP contribution < -0.4 is 0 Å². The molecule has 1 fully saturated rings. The topological polar surface area (TPSA) is 49.9 Å². The van der Waals surface area contributed by atoms with Crippen molar-refractivity contribution in [2.24, 2.45) is 5.41 Å². The standard InChI is InChI=1S/C18H33ClN2O3/c1-17(2,3)15-20(7)14(22)13(11-9-8-10-12-19)21(15)16(23)24-18(4,5)6/h13,15H,8-12H2,1-7H3/t13-,15-/m0/s1. The van der Waals surface area contributed by atoms with Crippen molar-refractivity contribution in [3.05, 3.63) is 0 Å². The van der Waals surface area contributed by atoms with E-state index in [9.17, 15) is 9.59 Å². The Hall–Kier alpha value is -0.970. The zero-order valence-electron chi connectivity index (χ0n) is 16.2. The molecule has 1 aliphatic heterocycles. The molecule has 24 heavy (non-hydrogen) atoms. The average Bonchev–Trinajstić information content (AvgIpc) is 2.66. The Labute approximate surface area is 151 Å². The Kier molecular flexibility index (Phi) is 6.97. The van der Waals surface area contributed by atoms with Gasteiger partial charge in [-0.3, -0.25) is 9.69 Å². The maximum Gasteiger partial charge on any atom is 0.412 e. The summed E-state index contributed by atoms with van der Waals surface area (Å²) in [5, 5.41) is 0. The zero-order valence-corrected chi connectivity index (χ0v) is 16.9. The maximum absolute atomic E-state index is 12.8. The number of likely N-dealkylation sites (N-methyl/N-ethyl adjacent to an activating group) is 1. The van der Waals surface area contributed by atoms with Gasteiger partial charge in [0.2, 0.25) is 5.91 Å². The van der Waals surface area contributed by atoms with Crippen LogP contribution in [0.5, 0.6) is 0 Å². The van der Waals surface area contributed by atoms with Crippen molar-refractivity contribution in [3.8, 4) is 0 Å². The second kappa shape index (κ2) is 7.94. The van der Waals surface area contributed by atoms with Crippen LogP contribution in [0.4, 0.5) is 4.79 Å². The molecule has 5 nitrogen and oxygen atoms in total. The average molecular weight is 361 g/mol. The molecule has 0 saturated carbocycles. The first-order chi connectivity index (χ1) is 10.9. The molecule has 1 heterocycles. The Morgan fingerprint density at radius 1 is 1.12 bits per heavy atom. The molecule has 0 aromatic carbocycles. The molecule has 0 radical (unpaired) electrons. The minimum absolute atomic E-state index is 0.00772. The van der Waals surface area contributed by atoms with Crippen molar-refractivity contribution in [1.29, 1.82) is 0 Å². The molecule has 0 aromatic heterocycles. The molecular formula is C18H33ClN2O3. The van der Waals surface area contributed by atoms with E-state index in [4.69, 9.17) is 16.3 Å². The second-order valence-electron chi connectivity index (χ2n) is 8.63. The first kappa shape index (κ1) is 21.1. The van der Waals surface area contributed by atoms with E-state index in [0.29, 0.717) is 12.3 Å². The van der Waals surface area contributed by atoms with Crippen molar-refractivity contribution in [3.63, 3.8) is 0 Å². The predicted octanol–water partition coefficient (Wildman–Crippen LogP) is 4.24.